The summed E-state index contributed by atoms with van der Waals surface area (Å²) in [5, 5.41) is 7.90. The van der Waals surface area contributed by atoms with E-state index >= 15 is 0 Å². The summed E-state index contributed by atoms with van der Waals surface area (Å²) in [5.74, 6) is 2.00. The molecule has 1 aromatic carbocycles. The summed E-state index contributed by atoms with van der Waals surface area (Å²) in [7, 11) is 0. The Bertz CT molecular complexity index is 755. The number of nitrogens with zero attached hydrogens (tertiary/aromatic N) is 3. The molecule has 1 N–H and O–H groups in total. The smallest absolute Gasteiger partial charge is 0.228 e. The van der Waals surface area contributed by atoms with Gasteiger partial charge in [0.2, 0.25) is 11.7 Å². The van der Waals surface area contributed by atoms with Crippen LogP contribution in [0.2, 0.25) is 5.02 Å². The van der Waals surface area contributed by atoms with Gasteiger partial charge in [-0.1, -0.05) is 22.8 Å². The van der Waals surface area contributed by atoms with Gasteiger partial charge in [0.25, 0.3) is 0 Å². The molecule has 22 heavy (non-hydrogen) atoms. The number of benzene rings is 1. The Hall–Kier alpha value is -2.40. The van der Waals surface area contributed by atoms with Crippen molar-refractivity contribution in [1.29, 1.82) is 0 Å². The maximum absolute atomic E-state index is 5.86. The summed E-state index contributed by atoms with van der Waals surface area (Å²) >= 11 is 5.86. The van der Waals surface area contributed by atoms with Crippen molar-refractivity contribution in [2.45, 2.75) is 13.3 Å². The highest BCUT2D eigenvalue weighted by Gasteiger charge is 2.08. The van der Waals surface area contributed by atoms with E-state index in [-0.39, 0.29) is 0 Å². The maximum atomic E-state index is 5.86. The summed E-state index contributed by atoms with van der Waals surface area (Å²) < 4.78 is 5.26. The summed E-state index contributed by atoms with van der Waals surface area (Å²) in [4.78, 5) is 8.75. The molecule has 0 spiro atoms. The summed E-state index contributed by atoms with van der Waals surface area (Å²) in [5.41, 5.74) is 1.86. The van der Waals surface area contributed by atoms with Crippen LogP contribution in [-0.4, -0.2) is 21.7 Å². The van der Waals surface area contributed by atoms with Crippen LogP contribution >= 0.6 is 11.6 Å². The highest BCUT2D eigenvalue weighted by Crippen LogP contribution is 2.18. The first-order valence-electron chi connectivity index (χ1n) is 6.97. The normalized spacial score (nSPS) is 10.6. The molecule has 3 aromatic rings. The first-order chi connectivity index (χ1) is 10.7. The molecule has 0 unspecified atom stereocenters. The molecule has 0 atom stereocenters. The Kier molecular flexibility index (Phi) is 4.34. The lowest BCUT2D eigenvalue weighted by atomic mass is 10.2. The van der Waals surface area contributed by atoms with E-state index in [9.17, 15) is 0 Å². The van der Waals surface area contributed by atoms with Crippen LogP contribution in [0, 0.1) is 6.92 Å². The number of hydrogen-bond donors (Lipinski definition) is 1. The van der Waals surface area contributed by atoms with Gasteiger partial charge in [-0.15, -0.1) is 0 Å². The molecule has 6 heteroatoms. The SMILES string of the molecule is Cc1cccc(NCCc2nc(-c3ccc(Cl)cc3)no2)n1. The minimum absolute atomic E-state index is 0.570. The number of aromatic nitrogens is 3. The van der Waals surface area contributed by atoms with Gasteiger partial charge < -0.3 is 9.84 Å². The van der Waals surface area contributed by atoms with Crippen molar-refractivity contribution in [1.82, 2.24) is 15.1 Å². The third-order valence-electron chi connectivity index (χ3n) is 3.10. The number of hydrogen-bond acceptors (Lipinski definition) is 5. The lowest BCUT2D eigenvalue weighted by molar-refractivity contribution is 0.381. The molecular weight excluding hydrogens is 300 g/mol. The Morgan fingerprint density at radius 2 is 1.91 bits per heavy atom. The molecule has 0 aliphatic heterocycles. The molecule has 5 nitrogen and oxygen atoms in total. The molecule has 0 radical (unpaired) electrons. The van der Waals surface area contributed by atoms with Crippen LogP contribution in [0.3, 0.4) is 0 Å². The third-order valence-corrected chi connectivity index (χ3v) is 3.36. The number of aryl methyl sites for hydroxylation is 1. The van der Waals surface area contributed by atoms with Crippen molar-refractivity contribution >= 4 is 17.4 Å². The second-order valence-corrected chi connectivity index (χ2v) is 5.30. The lowest BCUT2D eigenvalue weighted by Gasteiger charge is -2.03. The number of rotatable bonds is 5. The first kappa shape index (κ1) is 14.5. The van der Waals surface area contributed by atoms with Crippen molar-refractivity contribution in [3.8, 4) is 11.4 Å². The molecule has 0 aliphatic carbocycles. The van der Waals surface area contributed by atoms with Gasteiger partial charge in [-0.05, 0) is 43.3 Å². The van der Waals surface area contributed by atoms with Gasteiger partial charge in [0.1, 0.15) is 5.82 Å². The van der Waals surface area contributed by atoms with Crippen LogP contribution in [0.25, 0.3) is 11.4 Å². The predicted molar refractivity (Wildman–Crippen MR) is 85.9 cm³/mol. The molecule has 0 saturated heterocycles. The lowest BCUT2D eigenvalue weighted by Crippen LogP contribution is -2.06. The standard InChI is InChI=1S/C16H15ClN4O/c1-11-3-2-4-14(19-11)18-10-9-15-20-16(21-22-15)12-5-7-13(17)8-6-12/h2-8H,9-10H2,1H3,(H,18,19). The van der Waals surface area contributed by atoms with Crippen molar-refractivity contribution in [3.05, 3.63) is 59.1 Å². The van der Waals surface area contributed by atoms with E-state index in [2.05, 4.69) is 20.4 Å². The van der Waals surface area contributed by atoms with Crippen LogP contribution in [0.4, 0.5) is 5.82 Å². The molecule has 0 amide bonds. The Morgan fingerprint density at radius 1 is 1.09 bits per heavy atom. The van der Waals surface area contributed by atoms with Crippen LogP contribution in [0.15, 0.2) is 47.0 Å². The molecule has 3 rings (SSSR count). The second kappa shape index (κ2) is 6.58. The average Bonchev–Trinajstić information content (AvgIpc) is 2.97. The Morgan fingerprint density at radius 3 is 2.68 bits per heavy atom. The fraction of sp³-hybridized carbons (Fsp3) is 0.188. The van der Waals surface area contributed by atoms with Crippen LogP contribution in [0.1, 0.15) is 11.6 Å². The minimum Gasteiger partial charge on any atom is -0.370 e. The number of pyridine rings is 1. The molecule has 0 saturated carbocycles. The van der Waals surface area contributed by atoms with Gasteiger partial charge in [0, 0.05) is 29.2 Å². The van der Waals surface area contributed by atoms with Gasteiger partial charge in [0.05, 0.1) is 0 Å². The Labute approximate surface area is 133 Å². The van der Waals surface area contributed by atoms with Gasteiger partial charge in [-0.25, -0.2) is 4.98 Å². The highest BCUT2D eigenvalue weighted by molar-refractivity contribution is 6.30. The van der Waals surface area contributed by atoms with E-state index in [0.29, 0.717) is 29.7 Å². The van der Waals surface area contributed by atoms with Gasteiger partial charge >= 0.3 is 0 Å². The molecule has 0 aliphatic rings. The van der Waals surface area contributed by atoms with E-state index in [0.717, 1.165) is 17.1 Å². The largest absolute Gasteiger partial charge is 0.370 e. The first-order valence-corrected chi connectivity index (χ1v) is 7.34. The topological polar surface area (TPSA) is 63.8 Å². The van der Waals surface area contributed by atoms with E-state index in [1.165, 1.54) is 0 Å². The maximum Gasteiger partial charge on any atom is 0.228 e. The second-order valence-electron chi connectivity index (χ2n) is 4.86. The van der Waals surface area contributed by atoms with Gasteiger partial charge in [-0.3, -0.25) is 0 Å². The van der Waals surface area contributed by atoms with E-state index < -0.39 is 0 Å². The number of anilines is 1. The van der Waals surface area contributed by atoms with Crippen molar-refractivity contribution in [3.63, 3.8) is 0 Å². The zero-order valence-corrected chi connectivity index (χ0v) is 12.8. The van der Waals surface area contributed by atoms with Crippen LogP contribution in [0.5, 0.6) is 0 Å². The summed E-state index contributed by atoms with van der Waals surface area (Å²) in [6.07, 6.45) is 0.635. The summed E-state index contributed by atoms with van der Waals surface area (Å²) in [6, 6.07) is 13.2. The van der Waals surface area contributed by atoms with E-state index in [1.54, 1.807) is 12.1 Å². The van der Waals surface area contributed by atoms with Crippen LogP contribution in [-0.2, 0) is 6.42 Å². The summed E-state index contributed by atoms with van der Waals surface area (Å²) in [6.45, 7) is 2.64. The predicted octanol–water partition coefficient (Wildman–Crippen LogP) is 3.75. The zero-order chi connectivity index (χ0) is 15.4. The monoisotopic (exact) mass is 314 g/mol. The zero-order valence-electron chi connectivity index (χ0n) is 12.1. The van der Waals surface area contributed by atoms with E-state index in [4.69, 9.17) is 16.1 Å². The fourth-order valence-corrected chi connectivity index (χ4v) is 2.14. The average molecular weight is 315 g/mol. The van der Waals surface area contributed by atoms with E-state index in [1.807, 2.05) is 37.3 Å². The molecule has 112 valence electrons. The van der Waals surface area contributed by atoms with Gasteiger partial charge in [-0.2, -0.15) is 4.98 Å². The number of nitrogens with one attached hydrogen (secondary N) is 1. The fourth-order valence-electron chi connectivity index (χ4n) is 2.01. The quantitative estimate of drug-likeness (QED) is 0.777. The van der Waals surface area contributed by atoms with Gasteiger partial charge in [0.15, 0.2) is 0 Å². The third kappa shape index (κ3) is 3.62. The van der Waals surface area contributed by atoms with Crippen molar-refractivity contribution < 1.29 is 4.52 Å². The molecule has 0 bridgehead atoms. The van der Waals surface area contributed by atoms with Crippen molar-refractivity contribution in [2.75, 3.05) is 11.9 Å². The minimum atomic E-state index is 0.570. The highest BCUT2D eigenvalue weighted by atomic mass is 35.5. The molecular formula is C16H15ClN4O. The number of halogens is 1. The molecule has 2 aromatic heterocycles. The molecule has 2 heterocycles. The van der Waals surface area contributed by atoms with Crippen LogP contribution < -0.4 is 5.32 Å². The molecule has 0 fully saturated rings. The Balaban J connectivity index is 1.59. The van der Waals surface area contributed by atoms with Crippen molar-refractivity contribution in [2.24, 2.45) is 0 Å².